The van der Waals surface area contributed by atoms with Crippen molar-refractivity contribution in [3.8, 4) is 11.5 Å². The van der Waals surface area contributed by atoms with Gasteiger partial charge in [0.1, 0.15) is 29.1 Å². The number of ether oxygens (including phenoxy) is 2. The van der Waals surface area contributed by atoms with Crippen molar-refractivity contribution in [1.29, 1.82) is 0 Å². The Bertz CT molecular complexity index is 1590. The number of methoxy groups -OCH3 is 2. The average Bonchev–Trinajstić information content (AvgIpc) is 3.23. The largest absolute Gasteiger partial charge is 0.497 e. The van der Waals surface area contributed by atoms with Gasteiger partial charge in [-0.25, -0.2) is 4.98 Å². The summed E-state index contributed by atoms with van der Waals surface area (Å²) in [6, 6.07) is 22.7. The predicted octanol–water partition coefficient (Wildman–Crippen LogP) is 3.73. The molecule has 3 aromatic carbocycles. The lowest BCUT2D eigenvalue weighted by atomic mass is 10.2. The van der Waals surface area contributed by atoms with Gasteiger partial charge in [0.05, 0.1) is 32.6 Å². The molecule has 0 saturated heterocycles. The first-order valence-corrected chi connectivity index (χ1v) is 11.6. The van der Waals surface area contributed by atoms with Crippen molar-refractivity contribution < 1.29 is 14.3 Å². The van der Waals surface area contributed by atoms with E-state index in [9.17, 15) is 9.59 Å². The second kappa shape index (κ2) is 9.95. The molecule has 182 valence electrons. The zero-order valence-corrected chi connectivity index (χ0v) is 20.1. The van der Waals surface area contributed by atoms with Crippen LogP contribution in [0.2, 0.25) is 0 Å². The topological polar surface area (TPSA) is 87.4 Å². The average molecular weight is 483 g/mol. The summed E-state index contributed by atoms with van der Waals surface area (Å²) in [4.78, 5) is 31.2. The molecule has 0 atom stereocenters. The third-order valence-electron chi connectivity index (χ3n) is 6.20. The molecular weight excluding hydrogens is 456 g/mol. The van der Waals surface area contributed by atoms with E-state index in [2.05, 4.69) is 10.3 Å². The van der Waals surface area contributed by atoms with Crippen LogP contribution in [0.5, 0.6) is 11.5 Å². The van der Waals surface area contributed by atoms with Crippen molar-refractivity contribution in [3.05, 3.63) is 101 Å². The number of amides is 1. The van der Waals surface area contributed by atoms with E-state index in [0.717, 1.165) is 33.5 Å². The lowest BCUT2D eigenvalue weighted by molar-refractivity contribution is -0.121. The third-order valence-corrected chi connectivity index (χ3v) is 6.20. The zero-order chi connectivity index (χ0) is 25.1. The smallest absolute Gasteiger partial charge is 0.278 e. The van der Waals surface area contributed by atoms with Crippen LogP contribution in [-0.4, -0.2) is 34.2 Å². The fourth-order valence-corrected chi connectivity index (χ4v) is 4.30. The summed E-state index contributed by atoms with van der Waals surface area (Å²) in [5.74, 6) is 1.31. The number of carbonyl (C=O) groups excluding carboxylic acids is 1. The Morgan fingerprint density at radius 3 is 2.19 bits per heavy atom. The number of benzene rings is 3. The van der Waals surface area contributed by atoms with Gasteiger partial charge >= 0.3 is 0 Å². The molecular formula is C28H26N4O4. The van der Waals surface area contributed by atoms with Gasteiger partial charge in [-0.05, 0) is 41.5 Å². The molecule has 5 rings (SSSR count). The number of para-hydroxylation sites is 1. The number of hydrogen-bond acceptors (Lipinski definition) is 5. The molecule has 8 nitrogen and oxygen atoms in total. The number of rotatable bonds is 8. The second-order valence-electron chi connectivity index (χ2n) is 8.45. The Kier molecular flexibility index (Phi) is 6.40. The maximum atomic E-state index is 13.6. The van der Waals surface area contributed by atoms with Crippen LogP contribution < -0.4 is 20.3 Å². The summed E-state index contributed by atoms with van der Waals surface area (Å²) in [5, 5.41) is 3.78. The second-order valence-corrected chi connectivity index (χ2v) is 8.45. The van der Waals surface area contributed by atoms with Gasteiger partial charge in [0.15, 0.2) is 0 Å². The molecule has 0 aliphatic heterocycles. The van der Waals surface area contributed by atoms with Gasteiger partial charge in [-0.15, -0.1) is 0 Å². The van der Waals surface area contributed by atoms with Gasteiger partial charge in [0, 0.05) is 11.9 Å². The molecule has 8 heteroatoms. The van der Waals surface area contributed by atoms with E-state index in [0.29, 0.717) is 24.1 Å². The number of carbonyl (C=O) groups is 1. The lowest BCUT2D eigenvalue weighted by Gasteiger charge is -2.10. The third kappa shape index (κ3) is 4.53. The number of nitrogens with one attached hydrogen (secondary N) is 1. The summed E-state index contributed by atoms with van der Waals surface area (Å²) in [6.45, 7) is 0.737. The standard InChI is InChI=1S/C28H26N4O4/c1-35-21-11-7-19(8-12-21)15-29-25(33)17-32-24-6-4-3-5-23(24)26-27(32)28(34)31(18-30-26)16-20-9-13-22(36-2)14-10-20/h3-14,18H,15-17H2,1-2H3,(H,29,33). The zero-order valence-electron chi connectivity index (χ0n) is 20.1. The summed E-state index contributed by atoms with van der Waals surface area (Å²) in [5.41, 5.74) is 3.49. The van der Waals surface area contributed by atoms with Gasteiger partial charge in [0.25, 0.3) is 5.56 Å². The van der Waals surface area contributed by atoms with Crippen LogP contribution in [0.3, 0.4) is 0 Å². The highest BCUT2D eigenvalue weighted by molar-refractivity contribution is 6.06. The van der Waals surface area contributed by atoms with Crippen LogP contribution >= 0.6 is 0 Å². The molecule has 5 aromatic rings. The van der Waals surface area contributed by atoms with Crippen molar-refractivity contribution in [2.24, 2.45) is 0 Å². The molecule has 1 amide bonds. The molecule has 1 N–H and O–H groups in total. The van der Waals surface area contributed by atoms with Crippen molar-refractivity contribution in [1.82, 2.24) is 19.4 Å². The normalized spacial score (nSPS) is 11.1. The first-order chi connectivity index (χ1) is 17.6. The van der Waals surface area contributed by atoms with Gasteiger partial charge in [-0.1, -0.05) is 42.5 Å². The van der Waals surface area contributed by atoms with E-state index in [1.807, 2.05) is 72.8 Å². The minimum absolute atomic E-state index is 0.00361. The Labute approximate surface area is 207 Å². The Balaban J connectivity index is 1.46. The Morgan fingerprint density at radius 2 is 1.53 bits per heavy atom. The van der Waals surface area contributed by atoms with E-state index < -0.39 is 0 Å². The number of fused-ring (bicyclic) bond motifs is 3. The molecule has 0 aliphatic carbocycles. The quantitative estimate of drug-likeness (QED) is 0.364. The molecule has 0 spiro atoms. The molecule has 2 heterocycles. The highest BCUT2D eigenvalue weighted by atomic mass is 16.5. The van der Waals surface area contributed by atoms with Crippen LogP contribution in [0.4, 0.5) is 0 Å². The van der Waals surface area contributed by atoms with Crippen LogP contribution in [0.1, 0.15) is 11.1 Å². The summed E-state index contributed by atoms with van der Waals surface area (Å²) < 4.78 is 13.7. The molecule has 2 aromatic heterocycles. The number of aromatic nitrogens is 3. The minimum Gasteiger partial charge on any atom is -0.497 e. The fourth-order valence-electron chi connectivity index (χ4n) is 4.30. The maximum Gasteiger partial charge on any atom is 0.278 e. The molecule has 0 unspecified atom stereocenters. The van der Waals surface area contributed by atoms with Gasteiger partial charge < -0.3 is 19.4 Å². The van der Waals surface area contributed by atoms with E-state index >= 15 is 0 Å². The minimum atomic E-state index is -0.199. The molecule has 36 heavy (non-hydrogen) atoms. The highest BCUT2D eigenvalue weighted by Gasteiger charge is 2.18. The van der Waals surface area contributed by atoms with Gasteiger partial charge in [-0.2, -0.15) is 0 Å². The van der Waals surface area contributed by atoms with E-state index in [1.165, 1.54) is 0 Å². The first-order valence-electron chi connectivity index (χ1n) is 11.6. The molecule has 0 aliphatic rings. The van der Waals surface area contributed by atoms with Crippen LogP contribution in [0, 0.1) is 0 Å². The lowest BCUT2D eigenvalue weighted by Crippen LogP contribution is -2.29. The van der Waals surface area contributed by atoms with Gasteiger partial charge in [-0.3, -0.25) is 14.2 Å². The fraction of sp³-hybridized carbons (Fsp3) is 0.179. The van der Waals surface area contributed by atoms with E-state index in [1.54, 1.807) is 29.7 Å². The predicted molar refractivity (Wildman–Crippen MR) is 138 cm³/mol. The first kappa shape index (κ1) is 23.2. The van der Waals surface area contributed by atoms with E-state index in [-0.39, 0.29) is 18.0 Å². The Hall–Kier alpha value is -4.59. The number of nitrogens with zero attached hydrogens (tertiary/aromatic N) is 3. The summed E-state index contributed by atoms with van der Waals surface area (Å²) in [7, 11) is 3.23. The molecule has 0 fully saturated rings. The van der Waals surface area contributed by atoms with Crippen LogP contribution in [0.15, 0.2) is 83.9 Å². The van der Waals surface area contributed by atoms with Gasteiger partial charge in [0.2, 0.25) is 5.91 Å². The van der Waals surface area contributed by atoms with Crippen LogP contribution in [0.25, 0.3) is 21.9 Å². The van der Waals surface area contributed by atoms with E-state index in [4.69, 9.17) is 9.47 Å². The molecule has 0 saturated carbocycles. The van der Waals surface area contributed by atoms with Crippen LogP contribution in [-0.2, 0) is 24.4 Å². The van der Waals surface area contributed by atoms with Crippen molar-refractivity contribution in [2.45, 2.75) is 19.6 Å². The van der Waals surface area contributed by atoms with Crippen molar-refractivity contribution in [2.75, 3.05) is 14.2 Å². The Morgan fingerprint density at radius 1 is 0.889 bits per heavy atom. The number of hydrogen-bond donors (Lipinski definition) is 1. The van der Waals surface area contributed by atoms with Crippen molar-refractivity contribution in [3.63, 3.8) is 0 Å². The summed E-state index contributed by atoms with van der Waals surface area (Å²) >= 11 is 0. The molecule has 0 bridgehead atoms. The summed E-state index contributed by atoms with van der Waals surface area (Å²) in [6.07, 6.45) is 1.56. The highest BCUT2D eigenvalue weighted by Crippen LogP contribution is 2.25. The maximum absolute atomic E-state index is 13.6. The van der Waals surface area contributed by atoms with Crippen molar-refractivity contribution >= 4 is 27.8 Å². The SMILES string of the molecule is COc1ccc(CNC(=O)Cn2c3ccccc3c3ncn(Cc4ccc(OC)cc4)c(=O)c32)cc1. The monoisotopic (exact) mass is 482 g/mol. The molecule has 0 radical (unpaired) electrons.